The number of esters is 1. The van der Waals surface area contributed by atoms with Crippen LogP contribution in [0.4, 0.5) is 5.82 Å². The van der Waals surface area contributed by atoms with Gasteiger partial charge in [0.1, 0.15) is 5.82 Å². The Morgan fingerprint density at radius 1 is 1.22 bits per heavy atom. The van der Waals surface area contributed by atoms with Crippen LogP contribution in [-0.4, -0.2) is 34.2 Å². The van der Waals surface area contributed by atoms with Crippen molar-refractivity contribution in [2.75, 3.05) is 19.0 Å². The number of ether oxygens (including phenoxy) is 1. The summed E-state index contributed by atoms with van der Waals surface area (Å²) >= 11 is 0. The van der Waals surface area contributed by atoms with Crippen LogP contribution in [0.2, 0.25) is 0 Å². The summed E-state index contributed by atoms with van der Waals surface area (Å²) in [6.07, 6.45) is 2.81. The molecule has 2 aromatic heterocycles. The topological polar surface area (TPSA) is 68.5 Å². The molecule has 6 heteroatoms. The monoisotopic (exact) mass is 310 g/mol. The first-order valence-electron chi connectivity index (χ1n) is 7.50. The Morgan fingerprint density at radius 3 is 2.70 bits per heavy atom. The zero-order valence-electron chi connectivity index (χ0n) is 13.1. The Kier molecular flexibility index (Phi) is 4.23. The van der Waals surface area contributed by atoms with Gasteiger partial charge >= 0.3 is 5.97 Å². The van der Waals surface area contributed by atoms with E-state index in [4.69, 9.17) is 4.74 Å². The average Bonchev–Trinajstić information content (AvgIpc) is 3.02. The van der Waals surface area contributed by atoms with Crippen LogP contribution in [0.3, 0.4) is 0 Å². The van der Waals surface area contributed by atoms with Gasteiger partial charge in [-0.25, -0.2) is 14.3 Å². The number of nitrogens with zero attached hydrogens (tertiary/aromatic N) is 3. The number of carbonyl (C=O) groups is 1. The average molecular weight is 310 g/mol. The molecule has 6 nitrogen and oxygen atoms in total. The Labute approximate surface area is 134 Å². The van der Waals surface area contributed by atoms with E-state index in [-0.39, 0.29) is 5.97 Å². The maximum atomic E-state index is 11.5. The first-order valence-corrected chi connectivity index (χ1v) is 7.50. The Balaban J connectivity index is 1.97. The van der Waals surface area contributed by atoms with Gasteiger partial charge in [-0.05, 0) is 30.7 Å². The summed E-state index contributed by atoms with van der Waals surface area (Å²) in [6, 6.07) is 11.0. The molecule has 118 valence electrons. The van der Waals surface area contributed by atoms with Crippen molar-refractivity contribution in [3.8, 4) is 11.3 Å². The van der Waals surface area contributed by atoms with Crippen molar-refractivity contribution >= 4 is 17.4 Å². The van der Waals surface area contributed by atoms with Crippen LogP contribution < -0.4 is 5.32 Å². The van der Waals surface area contributed by atoms with Gasteiger partial charge in [0.05, 0.1) is 24.6 Å². The molecule has 3 rings (SSSR count). The fourth-order valence-electron chi connectivity index (χ4n) is 2.31. The molecular formula is C17H18N4O2. The van der Waals surface area contributed by atoms with Gasteiger partial charge in [-0.15, -0.1) is 5.10 Å². The van der Waals surface area contributed by atoms with Crippen molar-refractivity contribution in [3.05, 3.63) is 48.2 Å². The van der Waals surface area contributed by atoms with Crippen molar-refractivity contribution < 1.29 is 9.53 Å². The van der Waals surface area contributed by atoms with E-state index in [9.17, 15) is 4.79 Å². The molecule has 0 spiro atoms. The van der Waals surface area contributed by atoms with Gasteiger partial charge in [-0.2, -0.15) is 0 Å². The first kappa shape index (κ1) is 15.0. The number of benzene rings is 1. The van der Waals surface area contributed by atoms with Crippen molar-refractivity contribution in [2.24, 2.45) is 0 Å². The van der Waals surface area contributed by atoms with Crippen LogP contribution in [-0.2, 0) is 4.74 Å². The molecule has 0 amide bonds. The van der Waals surface area contributed by atoms with E-state index in [1.54, 1.807) is 22.8 Å². The molecule has 0 aliphatic carbocycles. The molecule has 3 aromatic rings. The van der Waals surface area contributed by atoms with Crippen molar-refractivity contribution in [1.82, 2.24) is 14.6 Å². The van der Waals surface area contributed by atoms with E-state index >= 15 is 0 Å². The summed E-state index contributed by atoms with van der Waals surface area (Å²) in [6.45, 7) is 2.98. The lowest BCUT2D eigenvalue weighted by Crippen LogP contribution is -2.05. The van der Waals surface area contributed by atoms with Crippen molar-refractivity contribution in [1.29, 1.82) is 0 Å². The number of hydrogen-bond donors (Lipinski definition) is 1. The highest BCUT2D eigenvalue weighted by Crippen LogP contribution is 2.21. The second-order valence-electron chi connectivity index (χ2n) is 5.13. The second kappa shape index (κ2) is 6.48. The van der Waals surface area contributed by atoms with E-state index < -0.39 is 0 Å². The van der Waals surface area contributed by atoms with E-state index in [1.807, 2.05) is 24.3 Å². The number of rotatable bonds is 5. The Morgan fingerprint density at radius 2 is 2.00 bits per heavy atom. The fraction of sp³-hybridized carbons (Fsp3) is 0.235. The SMILES string of the molecule is CCCNc1ccc2ncc(-c3ccc(C(=O)OC)cc3)n2n1. The fourth-order valence-corrected chi connectivity index (χ4v) is 2.31. The van der Waals surface area contributed by atoms with Gasteiger partial charge in [-0.3, -0.25) is 0 Å². The van der Waals surface area contributed by atoms with Crippen molar-refractivity contribution in [3.63, 3.8) is 0 Å². The number of carbonyl (C=O) groups excluding carboxylic acids is 1. The quantitative estimate of drug-likeness (QED) is 0.734. The second-order valence-corrected chi connectivity index (χ2v) is 5.13. The summed E-state index contributed by atoms with van der Waals surface area (Å²) in [5.41, 5.74) is 3.10. The normalized spacial score (nSPS) is 10.7. The maximum absolute atomic E-state index is 11.5. The summed E-state index contributed by atoms with van der Waals surface area (Å²) < 4.78 is 6.51. The molecule has 0 aliphatic heterocycles. The summed E-state index contributed by atoms with van der Waals surface area (Å²) in [5, 5.41) is 7.84. The number of aromatic nitrogens is 3. The van der Waals surface area contributed by atoms with E-state index in [2.05, 4.69) is 22.3 Å². The molecule has 2 heterocycles. The minimum absolute atomic E-state index is 0.348. The molecule has 1 aromatic carbocycles. The summed E-state index contributed by atoms with van der Waals surface area (Å²) in [4.78, 5) is 15.9. The molecular weight excluding hydrogens is 292 g/mol. The molecule has 0 unspecified atom stereocenters. The third kappa shape index (κ3) is 3.01. The lowest BCUT2D eigenvalue weighted by atomic mass is 10.1. The number of hydrogen-bond acceptors (Lipinski definition) is 5. The highest BCUT2D eigenvalue weighted by atomic mass is 16.5. The minimum atomic E-state index is -0.348. The third-order valence-electron chi connectivity index (χ3n) is 3.52. The van der Waals surface area contributed by atoms with Gasteiger partial charge < -0.3 is 10.1 Å². The highest BCUT2D eigenvalue weighted by molar-refractivity contribution is 5.89. The maximum Gasteiger partial charge on any atom is 0.337 e. The van der Waals surface area contributed by atoms with E-state index in [0.29, 0.717) is 5.56 Å². The van der Waals surface area contributed by atoms with Crippen LogP contribution in [0.15, 0.2) is 42.6 Å². The number of nitrogens with one attached hydrogen (secondary N) is 1. The number of fused-ring (bicyclic) bond motifs is 1. The summed E-state index contributed by atoms with van der Waals surface area (Å²) in [7, 11) is 1.37. The Hall–Kier alpha value is -2.89. The van der Waals surface area contributed by atoms with Crippen LogP contribution in [0.5, 0.6) is 0 Å². The molecule has 1 N–H and O–H groups in total. The minimum Gasteiger partial charge on any atom is -0.465 e. The van der Waals surface area contributed by atoms with E-state index in [0.717, 1.165) is 35.7 Å². The zero-order chi connectivity index (χ0) is 16.2. The number of methoxy groups -OCH3 is 1. The van der Waals surface area contributed by atoms with Crippen LogP contribution >= 0.6 is 0 Å². The van der Waals surface area contributed by atoms with Gasteiger partial charge in [-0.1, -0.05) is 19.1 Å². The van der Waals surface area contributed by atoms with Gasteiger partial charge in [0.2, 0.25) is 0 Å². The Bertz CT molecular complexity index is 824. The molecule has 0 bridgehead atoms. The smallest absolute Gasteiger partial charge is 0.337 e. The molecule has 0 radical (unpaired) electrons. The molecule has 0 saturated carbocycles. The molecule has 0 atom stereocenters. The predicted octanol–water partition coefficient (Wildman–Crippen LogP) is 3.00. The summed E-state index contributed by atoms with van der Waals surface area (Å²) in [5.74, 6) is 0.462. The lowest BCUT2D eigenvalue weighted by molar-refractivity contribution is 0.0601. The van der Waals surface area contributed by atoms with Crippen LogP contribution in [0, 0.1) is 0 Å². The molecule has 0 saturated heterocycles. The largest absolute Gasteiger partial charge is 0.465 e. The van der Waals surface area contributed by atoms with Crippen molar-refractivity contribution in [2.45, 2.75) is 13.3 Å². The van der Waals surface area contributed by atoms with Gasteiger partial charge in [0, 0.05) is 12.1 Å². The van der Waals surface area contributed by atoms with Gasteiger partial charge in [0.25, 0.3) is 0 Å². The van der Waals surface area contributed by atoms with Gasteiger partial charge in [0.15, 0.2) is 5.65 Å². The highest BCUT2D eigenvalue weighted by Gasteiger charge is 2.10. The standard InChI is InChI=1S/C17H18N4O2/c1-3-10-18-15-8-9-16-19-11-14(21(16)20-15)12-4-6-13(7-5-12)17(22)23-2/h4-9,11H,3,10H2,1-2H3,(H,18,20). The van der Waals surface area contributed by atoms with Crippen LogP contribution in [0.1, 0.15) is 23.7 Å². The molecule has 0 aliphatic rings. The molecule has 0 fully saturated rings. The van der Waals surface area contributed by atoms with Crippen LogP contribution in [0.25, 0.3) is 16.9 Å². The number of imidazole rings is 1. The first-order chi connectivity index (χ1) is 11.2. The van der Waals surface area contributed by atoms with E-state index in [1.165, 1.54) is 7.11 Å². The number of anilines is 1. The molecule has 23 heavy (non-hydrogen) atoms. The lowest BCUT2D eigenvalue weighted by Gasteiger charge is -2.06. The zero-order valence-corrected chi connectivity index (χ0v) is 13.1. The predicted molar refractivity (Wildman–Crippen MR) is 88.5 cm³/mol. The third-order valence-corrected chi connectivity index (χ3v) is 3.52.